The summed E-state index contributed by atoms with van der Waals surface area (Å²) in [4.78, 5) is 156. The van der Waals surface area contributed by atoms with Crippen LogP contribution in [-0.4, -0.2) is 202 Å². The number of rotatable bonds is 26. The van der Waals surface area contributed by atoms with Crippen LogP contribution in [-0.2, 0) is 63.9 Å². The zero-order valence-electron chi connectivity index (χ0n) is 47.7. The molecule has 0 aliphatic carbocycles. The molecule has 22 N–H and O–H groups in total. The molecule has 476 valence electrons. The topological polar surface area (TPSA) is 523 Å². The minimum atomic E-state index is -2.81. The summed E-state index contributed by atoms with van der Waals surface area (Å²) in [7, 11) is 0. The van der Waals surface area contributed by atoms with E-state index in [9.17, 15) is 78.3 Å². The average Bonchev–Trinajstić information content (AvgIpc) is 3.67. The first-order valence-electron chi connectivity index (χ1n) is 27.9. The summed E-state index contributed by atoms with van der Waals surface area (Å²) in [6.07, 6.45) is -0.182. The van der Waals surface area contributed by atoms with E-state index in [0.29, 0.717) is 12.0 Å². The highest BCUT2D eigenvalue weighted by molar-refractivity contribution is 6.18. The number of nitrogens with two attached hydrogens (primary N) is 4. The van der Waals surface area contributed by atoms with Crippen molar-refractivity contribution in [3.63, 3.8) is 0 Å². The van der Waals surface area contributed by atoms with E-state index < -0.39 is 163 Å². The van der Waals surface area contributed by atoms with Gasteiger partial charge < -0.3 is 101 Å². The largest absolute Gasteiger partial charge is 0.479 e. The number of cyclic esters (lactones) is 1. The molecule has 9 amide bonds. The molecule has 85 heavy (non-hydrogen) atoms. The van der Waals surface area contributed by atoms with Crippen LogP contribution in [0.4, 0.5) is 0 Å². The van der Waals surface area contributed by atoms with Crippen LogP contribution in [0.25, 0.3) is 0 Å². The first-order valence-corrected chi connectivity index (χ1v) is 28.5. The maximum atomic E-state index is 14.3. The standard InChI is InChI=1S/C53H85ClN14O17/c1-3-5-6-7-8-9-13-17-30(70)25-39(72)60-37-28-85-52(84)40(38(71)26-54)67-50(81)41(42(73)51(82)83)68-43(74)31(4-2)61-47(78)35(24-29-15-11-10-12-16-29)65-44(75)32(18-14-23-59-53(57)58)62-45(76)33(19-21-55)63-46(77)34(20-22-56)64-48(79)36(27-69)66-49(37)80/h4,10-12,15-16,30,32-38,40-42,69-71,73H,3,5-9,13-14,17-28,55-56H2,1-2H3,(H,60,72)(H,61,78)(H,62,76)(H,63,77)(H,64,79)(H,65,75)(H,66,80)(H,67,81)(H,68,74)(H,82,83)(H4,57,58,59)/t30-,32-,33-,34+,35-,36+,37-,38+,40-,41-,42-/m0/s1. The molecule has 1 aliphatic rings. The van der Waals surface area contributed by atoms with Crippen LogP contribution in [0.5, 0.6) is 0 Å². The van der Waals surface area contributed by atoms with Crippen molar-refractivity contribution in [1.82, 2.24) is 47.9 Å². The van der Waals surface area contributed by atoms with Crippen LogP contribution in [0.3, 0.4) is 0 Å². The lowest BCUT2D eigenvalue weighted by molar-refractivity contribution is -0.155. The number of hydrogen-bond donors (Lipinski definition) is 18. The number of aliphatic carboxylic acids is 1. The Balaban J connectivity index is 2.81. The molecule has 0 bridgehead atoms. The Morgan fingerprint density at radius 2 is 1.25 bits per heavy atom. The third-order valence-corrected chi connectivity index (χ3v) is 13.4. The van der Waals surface area contributed by atoms with Gasteiger partial charge in [-0.3, -0.25) is 48.1 Å². The van der Waals surface area contributed by atoms with Gasteiger partial charge >= 0.3 is 11.9 Å². The van der Waals surface area contributed by atoms with E-state index in [1.54, 1.807) is 30.3 Å². The Bertz CT molecular complexity index is 2440. The van der Waals surface area contributed by atoms with Crippen molar-refractivity contribution < 1.29 is 83.0 Å². The molecule has 1 fully saturated rings. The van der Waals surface area contributed by atoms with E-state index in [4.69, 9.17) is 39.3 Å². The van der Waals surface area contributed by atoms with E-state index >= 15 is 0 Å². The van der Waals surface area contributed by atoms with E-state index in [1.807, 2.05) is 10.6 Å². The summed E-state index contributed by atoms with van der Waals surface area (Å²) in [6, 6.07) is -6.93. The molecular formula is C53H85ClN14O17. The molecule has 1 aromatic carbocycles. The molecule has 31 nitrogen and oxygen atoms in total. The van der Waals surface area contributed by atoms with Crippen molar-refractivity contribution in [1.29, 1.82) is 0 Å². The second kappa shape index (κ2) is 39.9. The number of allylic oxidation sites excluding steroid dienone is 1. The van der Waals surface area contributed by atoms with Crippen LogP contribution in [0.1, 0.15) is 103 Å². The Hall–Kier alpha value is -7.55. The molecule has 0 unspecified atom stereocenters. The van der Waals surface area contributed by atoms with Crippen LogP contribution in [0.15, 0.2) is 47.1 Å². The number of halogens is 1. The average molecular weight is 1230 g/mol. The van der Waals surface area contributed by atoms with Crippen LogP contribution in [0, 0.1) is 0 Å². The highest BCUT2D eigenvalue weighted by Gasteiger charge is 2.40. The number of benzene rings is 1. The Morgan fingerprint density at radius 1 is 0.706 bits per heavy atom. The number of nitrogens with zero attached hydrogens (tertiary/aromatic N) is 1. The Labute approximate surface area is 496 Å². The van der Waals surface area contributed by atoms with E-state index in [0.717, 1.165) is 44.6 Å². The number of carboxylic acids is 1. The zero-order chi connectivity index (χ0) is 63.6. The molecule has 1 saturated heterocycles. The molecule has 2 rings (SSSR count). The van der Waals surface area contributed by atoms with Gasteiger partial charge in [0.15, 0.2) is 18.1 Å². The van der Waals surface area contributed by atoms with Crippen molar-refractivity contribution in [2.45, 2.75) is 170 Å². The van der Waals surface area contributed by atoms with Crippen molar-refractivity contribution in [2.24, 2.45) is 27.9 Å². The van der Waals surface area contributed by atoms with Gasteiger partial charge in [-0.05, 0) is 57.7 Å². The van der Waals surface area contributed by atoms with Crippen molar-refractivity contribution in [3.8, 4) is 0 Å². The predicted octanol–water partition coefficient (Wildman–Crippen LogP) is -5.64. The molecule has 0 aromatic heterocycles. The summed E-state index contributed by atoms with van der Waals surface area (Å²) in [5.41, 5.74) is 22.4. The number of unbranched alkanes of at least 4 members (excludes halogenated alkanes) is 6. The number of carbonyl (C=O) groups excluding carboxylic acids is 10. The first-order chi connectivity index (χ1) is 40.4. The highest BCUT2D eigenvalue weighted by atomic mass is 35.5. The summed E-state index contributed by atoms with van der Waals surface area (Å²) < 4.78 is 5.27. The van der Waals surface area contributed by atoms with Gasteiger partial charge in [0.05, 0.1) is 31.1 Å². The fourth-order valence-corrected chi connectivity index (χ4v) is 8.55. The molecule has 0 radical (unpaired) electrons. The van der Waals surface area contributed by atoms with Gasteiger partial charge in [0.25, 0.3) is 5.91 Å². The second-order valence-corrected chi connectivity index (χ2v) is 20.2. The molecular weight excluding hydrogens is 1140 g/mol. The number of aliphatic hydroxyl groups excluding tert-OH is 4. The summed E-state index contributed by atoms with van der Waals surface area (Å²) in [5.74, 6) is -15.6. The van der Waals surface area contributed by atoms with Gasteiger partial charge in [0, 0.05) is 13.0 Å². The van der Waals surface area contributed by atoms with Gasteiger partial charge in [0.1, 0.15) is 54.6 Å². The number of hydrogen-bond acceptors (Lipinski definition) is 19. The number of ether oxygens (including phenoxy) is 1. The van der Waals surface area contributed by atoms with E-state index in [1.165, 1.54) is 6.92 Å². The van der Waals surface area contributed by atoms with Gasteiger partial charge in [-0.1, -0.05) is 88.3 Å². The van der Waals surface area contributed by atoms with E-state index in [2.05, 4.69) is 49.1 Å². The van der Waals surface area contributed by atoms with E-state index in [-0.39, 0.29) is 64.1 Å². The van der Waals surface area contributed by atoms with Gasteiger partial charge in [-0.25, -0.2) is 9.59 Å². The summed E-state index contributed by atoms with van der Waals surface area (Å²) >= 11 is 5.88. The maximum Gasteiger partial charge on any atom is 0.335 e. The third-order valence-electron chi connectivity index (χ3n) is 13.1. The molecule has 0 spiro atoms. The smallest absolute Gasteiger partial charge is 0.335 e. The third kappa shape index (κ3) is 26.9. The number of esters is 1. The normalized spacial score (nSPS) is 23.7. The minimum Gasteiger partial charge on any atom is -0.479 e. The number of aliphatic hydroxyl groups is 4. The molecule has 1 heterocycles. The zero-order valence-corrected chi connectivity index (χ0v) is 48.5. The predicted molar refractivity (Wildman–Crippen MR) is 306 cm³/mol. The summed E-state index contributed by atoms with van der Waals surface area (Å²) in [5, 5.41) is 73.2. The second-order valence-electron chi connectivity index (χ2n) is 19.9. The monoisotopic (exact) mass is 1220 g/mol. The van der Waals surface area contributed by atoms with Gasteiger partial charge in [0.2, 0.25) is 47.3 Å². The maximum absolute atomic E-state index is 14.3. The molecule has 32 heteroatoms. The SMILES string of the molecule is CC=C1NC(=O)[C@H](Cc2ccccc2)NC(=O)[C@H](CCCN=C(N)N)NC(=O)[C@H](CCN)NC(=O)[C@@H](CCN)NC(=O)[C@@H](CO)NC(=O)[C@@H](NC(=O)C[C@@H](O)CCCCCCCCC)COC(=O)[C@H]([C@H](O)CCl)NC(=O)[C@H]([C@H](O)C(=O)O)NC1=O. The molecule has 0 saturated carbocycles. The van der Waals surface area contributed by atoms with Crippen LogP contribution < -0.4 is 70.8 Å². The number of nitrogens with one attached hydrogen (secondary N) is 9. The highest BCUT2D eigenvalue weighted by Crippen LogP contribution is 2.13. The fourth-order valence-electron chi connectivity index (χ4n) is 8.38. The number of alkyl halides is 1. The molecule has 11 atom stereocenters. The number of guanidine groups is 1. The first kappa shape index (κ1) is 73.6. The fraction of sp³-hybridized carbons (Fsp3) is 0.623. The lowest BCUT2D eigenvalue weighted by atomic mass is 10.0. The Kier molecular flexibility index (Phi) is 34.5. The number of carbonyl (C=O) groups is 11. The van der Waals surface area contributed by atoms with Crippen molar-refractivity contribution >= 4 is 82.7 Å². The molecule has 1 aliphatic heterocycles. The van der Waals surface area contributed by atoms with Crippen LogP contribution in [0.2, 0.25) is 0 Å². The van der Waals surface area contributed by atoms with Gasteiger partial charge in [-0.2, -0.15) is 0 Å². The number of carboxylic acid groups (broad SMARTS) is 1. The van der Waals surface area contributed by atoms with Gasteiger partial charge in [-0.15, -0.1) is 11.6 Å². The number of aliphatic imine (C=N–C) groups is 1. The van der Waals surface area contributed by atoms with Crippen molar-refractivity contribution in [2.75, 3.05) is 38.7 Å². The van der Waals surface area contributed by atoms with Crippen molar-refractivity contribution in [3.05, 3.63) is 47.7 Å². The quantitative estimate of drug-likeness (QED) is 0.0103. The molecule has 1 aromatic rings. The Morgan fingerprint density at radius 3 is 1.78 bits per heavy atom. The number of amides is 9. The summed E-state index contributed by atoms with van der Waals surface area (Å²) in [6.45, 7) is 0.417. The minimum absolute atomic E-state index is 0.0368. The lowest BCUT2D eigenvalue weighted by Gasteiger charge is -2.28. The lowest BCUT2D eigenvalue weighted by Crippen LogP contribution is -2.62. The van der Waals surface area contributed by atoms with Crippen LogP contribution >= 0.6 is 11.6 Å².